The first-order chi connectivity index (χ1) is 8.76. The number of piperazine rings is 1. The number of imidazole rings is 1. The van der Waals surface area contributed by atoms with Crippen LogP contribution in [-0.4, -0.2) is 52.6 Å². The first kappa shape index (κ1) is 13.1. The van der Waals surface area contributed by atoms with Gasteiger partial charge in [-0.25, -0.2) is 4.98 Å². The van der Waals surface area contributed by atoms with Crippen LogP contribution in [0.5, 0.6) is 0 Å². The molecule has 0 aromatic carbocycles. The van der Waals surface area contributed by atoms with Crippen molar-refractivity contribution in [2.24, 2.45) is 0 Å². The van der Waals surface area contributed by atoms with E-state index in [1.807, 2.05) is 12.5 Å². The summed E-state index contributed by atoms with van der Waals surface area (Å²) in [5.74, 6) is 0. The quantitative estimate of drug-likeness (QED) is 0.799. The largest absolute Gasteiger partial charge is 0.332 e. The molecule has 2 heterocycles. The fourth-order valence-corrected chi connectivity index (χ4v) is 2.40. The highest BCUT2D eigenvalue weighted by atomic mass is 15.3. The van der Waals surface area contributed by atoms with E-state index >= 15 is 0 Å². The predicted molar refractivity (Wildman–Crippen MR) is 69.9 cm³/mol. The molecule has 0 amide bonds. The molecule has 5 heteroatoms. The minimum Gasteiger partial charge on any atom is -0.332 e. The molecule has 0 aliphatic carbocycles. The second-order valence-corrected chi connectivity index (χ2v) is 4.88. The number of nitrogens with zero attached hydrogens (tertiary/aromatic N) is 5. The first-order valence-electron chi connectivity index (χ1n) is 6.58. The van der Waals surface area contributed by atoms with Crippen molar-refractivity contribution in [3.05, 3.63) is 18.2 Å². The Balaban J connectivity index is 2.13. The van der Waals surface area contributed by atoms with Gasteiger partial charge >= 0.3 is 0 Å². The van der Waals surface area contributed by atoms with Gasteiger partial charge in [0.15, 0.2) is 0 Å². The molecule has 1 unspecified atom stereocenters. The maximum Gasteiger partial charge on any atom is 0.140 e. The molecule has 1 aromatic heterocycles. The topological polar surface area (TPSA) is 48.1 Å². The summed E-state index contributed by atoms with van der Waals surface area (Å²) in [6.07, 6.45) is 4.73. The van der Waals surface area contributed by atoms with Crippen LogP contribution >= 0.6 is 0 Å². The second kappa shape index (κ2) is 5.98. The van der Waals surface area contributed by atoms with E-state index in [0.717, 1.165) is 44.8 Å². The first-order valence-corrected chi connectivity index (χ1v) is 6.58. The summed E-state index contributed by atoms with van der Waals surface area (Å²) >= 11 is 0. The third-order valence-electron chi connectivity index (χ3n) is 3.51. The minimum absolute atomic E-state index is 0.159. The van der Waals surface area contributed by atoms with Gasteiger partial charge in [0.1, 0.15) is 6.04 Å². The van der Waals surface area contributed by atoms with Crippen LogP contribution in [0.25, 0.3) is 0 Å². The molecule has 1 fully saturated rings. The number of likely N-dealkylation sites (N-methyl/N-ethyl adjacent to an activating group) is 1. The zero-order chi connectivity index (χ0) is 13.0. The molecule has 0 N–H and O–H groups in total. The third-order valence-corrected chi connectivity index (χ3v) is 3.51. The van der Waals surface area contributed by atoms with Crippen LogP contribution in [-0.2, 0) is 6.54 Å². The Morgan fingerprint density at radius 1 is 1.39 bits per heavy atom. The average Bonchev–Trinajstić information content (AvgIpc) is 2.82. The van der Waals surface area contributed by atoms with Crippen molar-refractivity contribution in [3.8, 4) is 6.07 Å². The molecule has 1 aliphatic rings. The van der Waals surface area contributed by atoms with E-state index in [2.05, 4.69) is 39.4 Å². The van der Waals surface area contributed by atoms with Crippen molar-refractivity contribution >= 4 is 0 Å². The Labute approximate surface area is 109 Å². The van der Waals surface area contributed by atoms with Crippen molar-refractivity contribution < 1.29 is 0 Å². The number of nitriles is 1. The SMILES string of the molecule is CCCn1cncc1C(C#N)N1CCN(C)CC1. The van der Waals surface area contributed by atoms with E-state index < -0.39 is 0 Å². The zero-order valence-corrected chi connectivity index (χ0v) is 11.2. The average molecular weight is 247 g/mol. The molecule has 1 saturated heterocycles. The van der Waals surface area contributed by atoms with Gasteiger partial charge < -0.3 is 9.47 Å². The highest BCUT2D eigenvalue weighted by Gasteiger charge is 2.25. The molecule has 2 rings (SSSR count). The fraction of sp³-hybridized carbons (Fsp3) is 0.692. The molecule has 0 bridgehead atoms. The predicted octanol–water partition coefficient (Wildman–Crippen LogP) is 1.11. The van der Waals surface area contributed by atoms with E-state index in [1.54, 1.807) is 0 Å². The highest BCUT2D eigenvalue weighted by Crippen LogP contribution is 2.21. The number of rotatable bonds is 4. The number of aromatic nitrogens is 2. The minimum atomic E-state index is -0.159. The molecular formula is C13H21N5. The normalized spacial score (nSPS) is 19.6. The lowest BCUT2D eigenvalue weighted by Gasteiger charge is -2.35. The summed E-state index contributed by atoms with van der Waals surface area (Å²) in [6, 6.07) is 2.27. The summed E-state index contributed by atoms with van der Waals surface area (Å²) in [4.78, 5) is 8.75. The lowest BCUT2D eigenvalue weighted by atomic mass is 10.1. The Kier molecular flexibility index (Phi) is 4.34. The Morgan fingerprint density at radius 3 is 2.72 bits per heavy atom. The van der Waals surface area contributed by atoms with E-state index in [4.69, 9.17) is 0 Å². The van der Waals surface area contributed by atoms with Gasteiger partial charge in [0.05, 0.1) is 24.3 Å². The molecule has 0 saturated carbocycles. The second-order valence-electron chi connectivity index (χ2n) is 4.88. The van der Waals surface area contributed by atoms with Crippen molar-refractivity contribution in [2.75, 3.05) is 33.2 Å². The Morgan fingerprint density at radius 2 is 2.11 bits per heavy atom. The molecule has 0 spiro atoms. The van der Waals surface area contributed by atoms with E-state index in [-0.39, 0.29) is 6.04 Å². The van der Waals surface area contributed by atoms with Gasteiger partial charge in [-0.05, 0) is 13.5 Å². The van der Waals surface area contributed by atoms with Gasteiger partial charge in [-0.15, -0.1) is 0 Å². The summed E-state index contributed by atoms with van der Waals surface area (Å²) in [5, 5.41) is 9.46. The van der Waals surface area contributed by atoms with E-state index in [1.165, 1.54) is 0 Å². The van der Waals surface area contributed by atoms with E-state index in [0.29, 0.717) is 0 Å². The maximum absolute atomic E-state index is 9.46. The zero-order valence-electron chi connectivity index (χ0n) is 11.2. The van der Waals surface area contributed by atoms with Crippen molar-refractivity contribution in [2.45, 2.75) is 25.9 Å². The van der Waals surface area contributed by atoms with Crippen molar-refractivity contribution in [1.82, 2.24) is 19.4 Å². The number of hydrogen-bond acceptors (Lipinski definition) is 4. The molecule has 5 nitrogen and oxygen atoms in total. The van der Waals surface area contributed by atoms with Crippen LogP contribution in [0, 0.1) is 11.3 Å². The summed E-state index contributed by atoms with van der Waals surface area (Å²) in [7, 11) is 2.13. The van der Waals surface area contributed by atoms with Crippen LogP contribution in [0.4, 0.5) is 0 Å². The van der Waals surface area contributed by atoms with Crippen LogP contribution in [0.15, 0.2) is 12.5 Å². The molecule has 1 aliphatic heterocycles. The van der Waals surface area contributed by atoms with Crippen LogP contribution in [0.3, 0.4) is 0 Å². The lowest BCUT2D eigenvalue weighted by molar-refractivity contribution is 0.129. The molecule has 1 aromatic rings. The van der Waals surface area contributed by atoms with Gasteiger partial charge in [0.2, 0.25) is 0 Å². The Bertz CT molecular complexity index is 411. The summed E-state index contributed by atoms with van der Waals surface area (Å²) in [5.41, 5.74) is 1.03. The maximum atomic E-state index is 9.46. The highest BCUT2D eigenvalue weighted by molar-refractivity contribution is 5.14. The fourth-order valence-electron chi connectivity index (χ4n) is 2.40. The van der Waals surface area contributed by atoms with Gasteiger partial charge in [0.25, 0.3) is 0 Å². The van der Waals surface area contributed by atoms with Crippen LogP contribution < -0.4 is 0 Å². The van der Waals surface area contributed by atoms with Gasteiger partial charge in [0, 0.05) is 32.7 Å². The molecule has 98 valence electrons. The smallest absolute Gasteiger partial charge is 0.140 e. The molecule has 1 atom stereocenters. The summed E-state index contributed by atoms with van der Waals surface area (Å²) in [6.45, 7) is 7.03. The van der Waals surface area contributed by atoms with Crippen LogP contribution in [0.1, 0.15) is 25.1 Å². The van der Waals surface area contributed by atoms with Gasteiger partial charge in [-0.1, -0.05) is 6.92 Å². The number of aryl methyl sites for hydroxylation is 1. The molecule has 0 radical (unpaired) electrons. The molecule has 18 heavy (non-hydrogen) atoms. The van der Waals surface area contributed by atoms with Crippen molar-refractivity contribution in [1.29, 1.82) is 5.26 Å². The van der Waals surface area contributed by atoms with E-state index in [9.17, 15) is 5.26 Å². The molecular weight excluding hydrogens is 226 g/mol. The monoisotopic (exact) mass is 247 g/mol. The lowest BCUT2D eigenvalue weighted by Crippen LogP contribution is -2.46. The number of hydrogen-bond donors (Lipinski definition) is 0. The van der Waals surface area contributed by atoms with Gasteiger partial charge in [-0.3, -0.25) is 4.90 Å². The third kappa shape index (κ3) is 2.71. The standard InChI is InChI=1S/C13H21N5/c1-3-4-18-11-15-10-13(18)12(9-14)17-7-5-16(2)6-8-17/h10-12H,3-8H2,1-2H3. The summed E-state index contributed by atoms with van der Waals surface area (Å²) < 4.78 is 2.10. The van der Waals surface area contributed by atoms with Crippen molar-refractivity contribution in [3.63, 3.8) is 0 Å². The Hall–Kier alpha value is -1.38. The van der Waals surface area contributed by atoms with Gasteiger partial charge in [-0.2, -0.15) is 5.26 Å². The van der Waals surface area contributed by atoms with Crippen LogP contribution in [0.2, 0.25) is 0 Å².